The molecule has 0 spiro atoms. The van der Waals surface area contributed by atoms with Crippen LogP contribution in [0.15, 0.2) is 42.5 Å². The van der Waals surface area contributed by atoms with Crippen molar-refractivity contribution in [1.82, 2.24) is 10.6 Å². The van der Waals surface area contributed by atoms with Crippen LogP contribution in [0.2, 0.25) is 0 Å². The molecule has 2 aromatic carbocycles. The van der Waals surface area contributed by atoms with E-state index in [1.165, 1.54) is 29.5 Å². The zero-order valence-electron chi connectivity index (χ0n) is 17.5. The molecule has 2 atom stereocenters. The summed E-state index contributed by atoms with van der Waals surface area (Å²) >= 11 is 0. The lowest BCUT2D eigenvalue weighted by Crippen LogP contribution is -2.32. The molecule has 0 radical (unpaired) electrons. The molecule has 3 aliphatic rings. The number of nitrogens with one attached hydrogen (secondary N) is 3. The van der Waals surface area contributed by atoms with Crippen LogP contribution in [0.1, 0.15) is 61.8 Å². The van der Waals surface area contributed by atoms with Crippen LogP contribution in [-0.2, 0) is 5.41 Å². The van der Waals surface area contributed by atoms with Crippen molar-refractivity contribution in [3.05, 3.63) is 59.2 Å². The van der Waals surface area contributed by atoms with Crippen LogP contribution >= 0.6 is 0 Å². The number of urea groups is 2. The Bertz CT molecular complexity index is 1020. The van der Waals surface area contributed by atoms with Gasteiger partial charge in [-0.3, -0.25) is 4.90 Å². The van der Waals surface area contributed by atoms with Gasteiger partial charge in [-0.1, -0.05) is 38.1 Å². The fourth-order valence-electron chi connectivity index (χ4n) is 5.33. The van der Waals surface area contributed by atoms with Crippen molar-refractivity contribution in [2.45, 2.75) is 50.5 Å². The molecule has 1 heterocycles. The summed E-state index contributed by atoms with van der Waals surface area (Å²) in [6, 6.07) is 13.7. The van der Waals surface area contributed by atoms with Crippen LogP contribution in [-0.4, -0.2) is 25.2 Å². The zero-order chi connectivity index (χ0) is 20.9. The molecule has 30 heavy (non-hydrogen) atoms. The van der Waals surface area contributed by atoms with Crippen LogP contribution in [0, 0.1) is 0 Å². The summed E-state index contributed by atoms with van der Waals surface area (Å²) in [7, 11) is 0. The van der Waals surface area contributed by atoms with E-state index in [1.54, 1.807) is 4.90 Å². The van der Waals surface area contributed by atoms with E-state index in [4.69, 9.17) is 0 Å². The SMILES string of the molecule is CC1(C)CCC2CC(NC(=O)Nc3cccc(N4CCNC4=O)c3)c3cccc1c32. The van der Waals surface area contributed by atoms with E-state index in [2.05, 4.69) is 48.0 Å². The van der Waals surface area contributed by atoms with Crippen molar-refractivity contribution in [1.29, 1.82) is 0 Å². The first-order valence-electron chi connectivity index (χ1n) is 10.8. The number of carbonyl (C=O) groups excluding carboxylic acids is 2. The van der Waals surface area contributed by atoms with Crippen molar-refractivity contribution in [3.63, 3.8) is 0 Å². The minimum Gasteiger partial charge on any atom is -0.336 e. The van der Waals surface area contributed by atoms with Crippen molar-refractivity contribution >= 4 is 23.4 Å². The van der Waals surface area contributed by atoms with Gasteiger partial charge in [0.15, 0.2) is 0 Å². The Kier molecular flexibility index (Phi) is 4.45. The Morgan fingerprint density at radius 1 is 1.20 bits per heavy atom. The summed E-state index contributed by atoms with van der Waals surface area (Å²) in [6.07, 6.45) is 3.32. The van der Waals surface area contributed by atoms with Crippen LogP contribution in [0.3, 0.4) is 0 Å². The van der Waals surface area contributed by atoms with Crippen molar-refractivity contribution in [3.8, 4) is 0 Å². The maximum absolute atomic E-state index is 12.8. The van der Waals surface area contributed by atoms with Gasteiger partial charge in [-0.15, -0.1) is 0 Å². The highest BCUT2D eigenvalue weighted by atomic mass is 16.2. The van der Waals surface area contributed by atoms with Gasteiger partial charge in [-0.25, -0.2) is 9.59 Å². The standard InChI is InChI=1S/C24H28N4O2/c1-24(2)10-9-15-13-20(18-7-4-8-19(24)21(15)18)27-22(29)26-16-5-3-6-17(14-16)28-12-11-25-23(28)30/h3-8,14-15,20H,9-13H2,1-2H3,(H,25,30)(H2,26,27,29). The summed E-state index contributed by atoms with van der Waals surface area (Å²) in [5.41, 5.74) is 5.83. The quantitative estimate of drug-likeness (QED) is 0.697. The largest absolute Gasteiger partial charge is 0.336 e. The molecule has 5 rings (SSSR count). The number of carbonyl (C=O) groups is 2. The number of amides is 4. The topological polar surface area (TPSA) is 73.5 Å². The molecule has 1 saturated heterocycles. The lowest BCUT2D eigenvalue weighted by molar-refractivity contribution is 0.247. The minimum absolute atomic E-state index is 0.0337. The van der Waals surface area contributed by atoms with Crippen molar-refractivity contribution < 1.29 is 9.59 Å². The fraction of sp³-hybridized carbons (Fsp3) is 0.417. The summed E-state index contributed by atoms with van der Waals surface area (Å²) in [5.74, 6) is 0.534. The Labute approximate surface area is 177 Å². The van der Waals surface area contributed by atoms with E-state index in [9.17, 15) is 9.59 Å². The van der Waals surface area contributed by atoms with Gasteiger partial charge in [0.2, 0.25) is 0 Å². The molecule has 6 heteroatoms. The minimum atomic E-state index is -0.210. The van der Waals surface area contributed by atoms with E-state index in [0.717, 1.165) is 12.1 Å². The molecule has 156 valence electrons. The van der Waals surface area contributed by atoms with E-state index in [-0.39, 0.29) is 23.5 Å². The van der Waals surface area contributed by atoms with E-state index < -0.39 is 0 Å². The number of hydrogen-bond donors (Lipinski definition) is 3. The van der Waals surface area contributed by atoms with Gasteiger partial charge in [0.25, 0.3) is 0 Å². The monoisotopic (exact) mass is 404 g/mol. The maximum Gasteiger partial charge on any atom is 0.321 e. The van der Waals surface area contributed by atoms with Gasteiger partial charge in [0.05, 0.1) is 6.04 Å². The van der Waals surface area contributed by atoms with Crippen LogP contribution in [0.5, 0.6) is 0 Å². The highest BCUT2D eigenvalue weighted by Crippen LogP contribution is 2.52. The second-order valence-electron chi connectivity index (χ2n) is 9.25. The lowest BCUT2D eigenvalue weighted by Gasteiger charge is -2.35. The average Bonchev–Trinajstić information content (AvgIpc) is 3.30. The van der Waals surface area contributed by atoms with Crippen LogP contribution in [0.4, 0.5) is 21.0 Å². The predicted octanol–water partition coefficient (Wildman–Crippen LogP) is 4.64. The van der Waals surface area contributed by atoms with Gasteiger partial charge < -0.3 is 16.0 Å². The molecule has 3 N–H and O–H groups in total. The van der Waals surface area contributed by atoms with Gasteiger partial charge >= 0.3 is 12.1 Å². The smallest absolute Gasteiger partial charge is 0.321 e. The van der Waals surface area contributed by atoms with Gasteiger partial charge in [0, 0.05) is 24.5 Å². The van der Waals surface area contributed by atoms with Crippen LogP contribution < -0.4 is 20.9 Å². The molecule has 2 aromatic rings. The number of rotatable bonds is 3. The second-order valence-corrected chi connectivity index (χ2v) is 9.25. The predicted molar refractivity (Wildman–Crippen MR) is 118 cm³/mol. The lowest BCUT2D eigenvalue weighted by atomic mass is 9.69. The highest BCUT2D eigenvalue weighted by Gasteiger charge is 2.40. The van der Waals surface area contributed by atoms with E-state index in [0.29, 0.717) is 24.7 Å². The molecular weight excluding hydrogens is 376 g/mol. The van der Waals surface area contributed by atoms with Gasteiger partial charge in [0.1, 0.15) is 0 Å². The average molecular weight is 405 g/mol. The summed E-state index contributed by atoms with van der Waals surface area (Å²) in [5, 5.41) is 8.93. The van der Waals surface area contributed by atoms with Gasteiger partial charge in [-0.05, 0) is 65.5 Å². The molecule has 0 aromatic heterocycles. The highest BCUT2D eigenvalue weighted by molar-refractivity contribution is 5.96. The molecule has 0 saturated carbocycles. The zero-order valence-corrected chi connectivity index (χ0v) is 17.5. The third-order valence-electron chi connectivity index (χ3n) is 6.87. The van der Waals surface area contributed by atoms with E-state index in [1.807, 2.05) is 24.3 Å². The molecule has 4 amide bonds. The third-order valence-corrected chi connectivity index (χ3v) is 6.87. The summed E-state index contributed by atoms with van der Waals surface area (Å²) in [6.45, 7) is 5.91. The first kappa shape index (κ1) is 19.0. The third kappa shape index (κ3) is 3.20. The summed E-state index contributed by atoms with van der Waals surface area (Å²) in [4.78, 5) is 26.4. The molecule has 2 unspecified atom stereocenters. The first-order chi connectivity index (χ1) is 14.4. The number of nitrogens with zero attached hydrogens (tertiary/aromatic N) is 1. The molecule has 2 aliphatic carbocycles. The Morgan fingerprint density at radius 3 is 2.83 bits per heavy atom. The molecular formula is C24H28N4O2. The van der Waals surface area contributed by atoms with Gasteiger partial charge in [-0.2, -0.15) is 0 Å². The number of anilines is 2. The fourth-order valence-corrected chi connectivity index (χ4v) is 5.33. The van der Waals surface area contributed by atoms with E-state index >= 15 is 0 Å². The Morgan fingerprint density at radius 2 is 2.03 bits per heavy atom. The first-order valence-corrected chi connectivity index (χ1v) is 10.8. The van der Waals surface area contributed by atoms with Crippen molar-refractivity contribution in [2.24, 2.45) is 0 Å². The molecule has 6 nitrogen and oxygen atoms in total. The molecule has 1 aliphatic heterocycles. The van der Waals surface area contributed by atoms with Crippen LogP contribution in [0.25, 0.3) is 0 Å². The summed E-state index contributed by atoms with van der Waals surface area (Å²) < 4.78 is 0. The molecule has 0 bridgehead atoms. The Hall–Kier alpha value is -3.02. The Balaban J connectivity index is 1.31. The normalized spacial score (nSPS) is 23.7. The second kappa shape index (κ2) is 7.04. The van der Waals surface area contributed by atoms with Crippen molar-refractivity contribution in [2.75, 3.05) is 23.3 Å². The number of benzene rings is 2. The maximum atomic E-state index is 12.8. The number of hydrogen-bond acceptors (Lipinski definition) is 2. The molecule has 1 fully saturated rings.